The lowest BCUT2D eigenvalue weighted by atomic mass is 9.68. The molecule has 2 saturated carbocycles. The van der Waals surface area contributed by atoms with Gasteiger partial charge in [-0.05, 0) is 81.8 Å². The maximum Gasteiger partial charge on any atom is 0.320 e. The summed E-state index contributed by atoms with van der Waals surface area (Å²) in [4.78, 5) is 20.5. The minimum atomic E-state index is -0.0895. The second-order valence-electron chi connectivity index (χ2n) is 10.9. The van der Waals surface area contributed by atoms with Crippen molar-refractivity contribution in [3.8, 4) is 6.07 Å². The van der Waals surface area contributed by atoms with Crippen molar-refractivity contribution in [2.75, 3.05) is 27.2 Å². The summed E-state index contributed by atoms with van der Waals surface area (Å²) < 4.78 is 0. The van der Waals surface area contributed by atoms with Crippen LogP contribution in [0.2, 0.25) is 0 Å². The molecular weight excluding hydrogens is 420 g/mol. The molecule has 0 aromatic heterocycles. The van der Waals surface area contributed by atoms with Crippen molar-refractivity contribution in [3.63, 3.8) is 0 Å². The van der Waals surface area contributed by atoms with E-state index >= 15 is 0 Å². The van der Waals surface area contributed by atoms with E-state index in [-0.39, 0.29) is 17.1 Å². The van der Waals surface area contributed by atoms with Crippen LogP contribution in [0.4, 0.5) is 4.79 Å². The largest absolute Gasteiger partial charge is 0.320 e. The lowest BCUT2D eigenvalue weighted by Crippen LogP contribution is -2.56. The van der Waals surface area contributed by atoms with Crippen molar-refractivity contribution in [2.45, 2.75) is 62.6 Å². The maximum absolute atomic E-state index is 13.8. The summed E-state index contributed by atoms with van der Waals surface area (Å²) in [5.74, 6) is 0.650. The first-order valence-electron chi connectivity index (χ1n) is 12.7. The Morgan fingerprint density at radius 3 is 2.38 bits per heavy atom. The molecule has 0 atom stereocenters. The van der Waals surface area contributed by atoms with E-state index in [2.05, 4.69) is 60.3 Å². The maximum atomic E-state index is 13.8. The van der Waals surface area contributed by atoms with Gasteiger partial charge in [-0.25, -0.2) is 4.79 Å². The van der Waals surface area contributed by atoms with E-state index in [0.29, 0.717) is 18.0 Å². The summed E-state index contributed by atoms with van der Waals surface area (Å²) in [6, 6.07) is 21.0. The molecule has 34 heavy (non-hydrogen) atoms. The average Bonchev–Trinajstić information content (AvgIpc) is 3.07. The standard InChI is InChI=1S/C29H36N4O/c1-31(2)29(26-12-4-3-5-13-26)16-14-28(15-17-29)22-32(20-25-11-7-10-24(18-25)19-30)27(34)33(28)21-23-8-6-9-23/h3-5,7,10-13,18,23H,6,8-9,14-17,20-22H2,1-2H3/t28-,29-. The van der Waals surface area contributed by atoms with Crippen molar-refractivity contribution in [2.24, 2.45) is 5.92 Å². The fraction of sp³-hybridized carbons (Fsp3) is 0.517. The molecule has 3 aliphatic rings. The Kier molecular flexibility index (Phi) is 6.12. The number of hydrogen-bond donors (Lipinski definition) is 0. The first-order chi connectivity index (χ1) is 16.5. The first kappa shape index (κ1) is 22.9. The Bertz CT molecular complexity index is 1060. The molecule has 1 aliphatic heterocycles. The molecule has 1 saturated heterocycles. The monoisotopic (exact) mass is 456 g/mol. The molecule has 3 fully saturated rings. The van der Waals surface area contributed by atoms with Gasteiger partial charge >= 0.3 is 6.03 Å². The molecule has 178 valence electrons. The van der Waals surface area contributed by atoms with Crippen LogP contribution in [0, 0.1) is 17.2 Å². The molecular formula is C29H36N4O. The van der Waals surface area contributed by atoms with Gasteiger partial charge in [-0.3, -0.25) is 4.90 Å². The van der Waals surface area contributed by atoms with Crippen molar-refractivity contribution >= 4 is 6.03 Å². The van der Waals surface area contributed by atoms with Crippen LogP contribution in [-0.4, -0.2) is 53.5 Å². The third-order valence-corrected chi connectivity index (χ3v) is 8.83. The van der Waals surface area contributed by atoms with Crippen LogP contribution in [0.3, 0.4) is 0 Å². The topological polar surface area (TPSA) is 50.6 Å². The van der Waals surface area contributed by atoms with Crippen LogP contribution in [0.1, 0.15) is 61.6 Å². The van der Waals surface area contributed by atoms with E-state index in [4.69, 9.17) is 0 Å². The first-order valence-corrected chi connectivity index (χ1v) is 12.7. The quantitative estimate of drug-likeness (QED) is 0.587. The Labute approximate surface area is 204 Å². The van der Waals surface area contributed by atoms with E-state index in [0.717, 1.165) is 44.3 Å². The van der Waals surface area contributed by atoms with Crippen LogP contribution < -0.4 is 0 Å². The molecule has 5 heteroatoms. The van der Waals surface area contributed by atoms with Crippen molar-refractivity contribution in [3.05, 3.63) is 71.3 Å². The Morgan fingerprint density at radius 2 is 1.76 bits per heavy atom. The van der Waals surface area contributed by atoms with Gasteiger partial charge in [-0.1, -0.05) is 48.9 Å². The molecule has 0 radical (unpaired) electrons. The number of rotatable bonds is 6. The summed E-state index contributed by atoms with van der Waals surface area (Å²) in [6.07, 6.45) is 7.93. The highest BCUT2D eigenvalue weighted by atomic mass is 16.2. The van der Waals surface area contributed by atoms with Crippen LogP contribution in [0.15, 0.2) is 54.6 Å². The Hall–Kier alpha value is -2.84. The van der Waals surface area contributed by atoms with Crippen molar-refractivity contribution in [1.29, 1.82) is 5.26 Å². The zero-order valence-electron chi connectivity index (χ0n) is 20.5. The molecule has 5 nitrogen and oxygen atoms in total. The molecule has 2 aromatic rings. The van der Waals surface area contributed by atoms with Gasteiger partial charge in [0.15, 0.2) is 0 Å². The smallest absolute Gasteiger partial charge is 0.318 e. The van der Waals surface area contributed by atoms with Crippen LogP contribution >= 0.6 is 0 Å². The summed E-state index contributed by atoms with van der Waals surface area (Å²) in [5, 5.41) is 9.29. The summed E-state index contributed by atoms with van der Waals surface area (Å²) >= 11 is 0. The zero-order valence-corrected chi connectivity index (χ0v) is 20.5. The highest BCUT2D eigenvalue weighted by Gasteiger charge is 2.54. The lowest BCUT2D eigenvalue weighted by Gasteiger charge is -2.51. The average molecular weight is 457 g/mol. The van der Waals surface area contributed by atoms with E-state index < -0.39 is 0 Å². The van der Waals surface area contributed by atoms with Gasteiger partial charge < -0.3 is 9.80 Å². The summed E-state index contributed by atoms with van der Waals surface area (Å²) in [6.45, 7) is 2.26. The minimum absolute atomic E-state index is 0.0201. The van der Waals surface area contributed by atoms with Gasteiger partial charge in [0.2, 0.25) is 0 Å². The molecule has 1 spiro atoms. The lowest BCUT2D eigenvalue weighted by molar-refractivity contribution is 0.0159. The third-order valence-electron chi connectivity index (χ3n) is 8.83. The number of carbonyl (C=O) groups is 1. The molecule has 2 amide bonds. The van der Waals surface area contributed by atoms with Crippen LogP contribution in [-0.2, 0) is 12.1 Å². The molecule has 5 rings (SSSR count). The molecule has 1 heterocycles. The normalized spacial score (nSPS) is 27.3. The van der Waals surface area contributed by atoms with Gasteiger partial charge in [-0.15, -0.1) is 0 Å². The number of urea groups is 1. The highest BCUT2D eigenvalue weighted by Crippen LogP contribution is 2.49. The second-order valence-corrected chi connectivity index (χ2v) is 10.9. The summed E-state index contributed by atoms with van der Waals surface area (Å²) in [7, 11) is 4.40. The van der Waals surface area contributed by atoms with E-state index in [1.54, 1.807) is 0 Å². The molecule has 2 aliphatic carbocycles. The van der Waals surface area contributed by atoms with Gasteiger partial charge in [-0.2, -0.15) is 5.26 Å². The number of benzene rings is 2. The zero-order chi connectivity index (χ0) is 23.8. The van der Waals surface area contributed by atoms with E-state index in [9.17, 15) is 10.1 Å². The second kappa shape index (κ2) is 9.07. The van der Waals surface area contributed by atoms with E-state index in [1.165, 1.54) is 24.8 Å². The minimum Gasteiger partial charge on any atom is -0.318 e. The number of amides is 2. The van der Waals surface area contributed by atoms with E-state index in [1.807, 2.05) is 29.2 Å². The van der Waals surface area contributed by atoms with Crippen molar-refractivity contribution < 1.29 is 4.79 Å². The van der Waals surface area contributed by atoms with Crippen molar-refractivity contribution in [1.82, 2.24) is 14.7 Å². The number of hydrogen-bond acceptors (Lipinski definition) is 3. The summed E-state index contributed by atoms with van der Waals surface area (Å²) in [5.41, 5.74) is 3.01. The fourth-order valence-electron chi connectivity index (χ4n) is 6.47. The fourth-order valence-corrected chi connectivity index (χ4v) is 6.47. The Balaban J connectivity index is 1.40. The van der Waals surface area contributed by atoms with Gasteiger partial charge in [0.25, 0.3) is 0 Å². The number of nitrogens with zero attached hydrogens (tertiary/aromatic N) is 4. The van der Waals surface area contributed by atoms with Gasteiger partial charge in [0.1, 0.15) is 0 Å². The van der Waals surface area contributed by atoms with Gasteiger partial charge in [0, 0.05) is 25.2 Å². The third kappa shape index (κ3) is 3.99. The molecule has 0 N–H and O–H groups in total. The molecule has 0 bridgehead atoms. The number of nitriles is 1. The molecule has 0 unspecified atom stereocenters. The predicted octanol–water partition coefficient (Wildman–Crippen LogP) is 5.37. The number of carbonyl (C=O) groups excluding carboxylic acids is 1. The SMILES string of the molecule is CN(C)[C@]1(c2ccccc2)CC[C@@]2(CC1)CN(Cc1cccc(C#N)c1)C(=O)N2CC1CCC1. The van der Waals surface area contributed by atoms with Crippen LogP contribution in [0.25, 0.3) is 0 Å². The predicted molar refractivity (Wildman–Crippen MR) is 134 cm³/mol. The highest BCUT2D eigenvalue weighted by molar-refractivity contribution is 5.78. The van der Waals surface area contributed by atoms with Crippen LogP contribution in [0.5, 0.6) is 0 Å². The van der Waals surface area contributed by atoms with Gasteiger partial charge in [0.05, 0.1) is 17.2 Å². The molecule has 2 aromatic carbocycles. The Morgan fingerprint density at radius 1 is 1.03 bits per heavy atom.